The van der Waals surface area contributed by atoms with Crippen LogP contribution in [0.2, 0.25) is 0 Å². The second-order valence-electron chi connectivity index (χ2n) is 10.7. The Morgan fingerprint density at radius 2 is 1.93 bits per heavy atom. The minimum Gasteiger partial charge on any atom is -0.473 e. The molecule has 0 spiro atoms. The zero-order valence-electron chi connectivity index (χ0n) is 22.0. The number of carbonyl (C=O) groups is 1. The molecule has 5 nitrogen and oxygen atoms in total. The van der Waals surface area contributed by atoms with E-state index in [0.717, 1.165) is 36.5 Å². The lowest BCUT2D eigenvalue weighted by Gasteiger charge is -2.29. The number of hydrogen-bond acceptors (Lipinski definition) is 5. The lowest BCUT2D eigenvalue weighted by atomic mass is 9.89. The fourth-order valence-electron chi connectivity index (χ4n) is 6.10. The number of unbranched alkanes of at least 4 members (excludes halogenated alkanes) is 1. The molecule has 3 aromatic rings. The summed E-state index contributed by atoms with van der Waals surface area (Å²) in [5, 5.41) is 0. The maximum atomic E-state index is 15.0. The predicted octanol–water partition coefficient (Wildman–Crippen LogP) is 6.71. The Kier molecular flexibility index (Phi) is 7.02. The molecular weight excluding hydrogens is 526 g/mol. The first-order chi connectivity index (χ1) is 19.3. The molecule has 6 rings (SSSR count). The van der Waals surface area contributed by atoms with Gasteiger partial charge in [0.2, 0.25) is 5.88 Å². The van der Waals surface area contributed by atoms with Crippen LogP contribution in [0.3, 0.4) is 0 Å². The number of halogens is 4. The van der Waals surface area contributed by atoms with Gasteiger partial charge in [-0.2, -0.15) is 13.2 Å². The number of fused-ring (bicyclic) bond motifs is 4. The first-order valence-corrected chi connectivity index (χ1v) is 13.6. The number of ether oxygens (including phenoxy) is 3. The molecule has 4 atom stereocenters. The molecule has 3 aliphatic rings. The first kappa shape index (κ1) is 26.7. The van der Waals surface area contributed by atoms with Crippen LogP contribution in [-0.4, -0.2) is 24.2 Å². The molecule has 1 fully saturated rings. The summed E-state index contributed by atoms with van der Waals surface area (Å²) >= 11 is 0. The van der Waals surface area contributed by atoms with Crippen LogP contribution in [0.5, 0.6) is 5.88 Å². The maximum absolute atomic E-state index is 15.0. The number of benzene rings is 2. The normalized spacial score (nSPS) is 22.7. The summed E-state index contributed by atoms with van der Waals surface area (Å²) in [7, 11) is 0. The summed E-state index contributed by atoms with van der Waals surface area (Å²) in [5.41, 5.74) is 2.64. The van der Waals surface area contributed by atoms with E-state index in [4.69, 9.17) is 14.2 Å². The van der Waals surface area contributed by atoms with Gasteiger partial charge in [-0.3, -0.25) is 4.79 Å². The van der Waals surface area contributed by atoms with E-state index in [1.165, 1.54) is 24.3 Å². The monoisotopic (exact) mass is 555 g/mol. The van der Waals surface area contributed by atoms with E-state index in [1.54, 1.807) is 12.3 Å². The highest BCUT2D eigenvalue weighted by Gasteiger charge is 2.60. The van der Waals surface area contributed by atoms with E-state index in [0.29, 0.717) is 30.0 Å². The predicted molar refractivity (Wildman–Crippen MR) is 137 cm³/mol. The number of rotatable bonds is 8. The van der Waals surface area contributed by atoms with Crippen molar-refractivity contribution in [3.05, 3.63) is 93.4 Å². The summed E-state index contributed by atoms with van der Waals surface area (Å²) < 4.78 is 73.2. The number of alkyl halides is 3. The molecule has 1 saturated carbocycles. The van der Waals surface area contributed by atoms with Gasteiger partial charge in [0.25, 0.3) is 0 Å². The smallest absolute Gasteiger partial charge is 0.416 e. The molecule has 0 bridgehead atoms. The van der Waals surface area contributed by atoms with Gasteiger partial charge in [-0.25, -0.2) is 9.37 Å². The molecule has 0 saturated heterocycles. The van der Waals surface area contributed by atoms with Crippen LogP contribution >= 0.6 is 0 Å². The SMILES string of the molecule is CCCCOC(=O)[C@H]1[C@@H]2Cc3cc(OCc4cc5c(cc4F)CCOC5c4ccccc4C(F)(F)F)ncc3[C@@H]21. The summed E-state index contributed by atoms with van der Waals surface area (Å²) in [6, 6.07) is 10.0. The quantitative estimate of drug-likeness (QED) is 0.176. The largest absolute Gasteiger partial charge is 0.473 e. The van der Waals surface area contributed by atoms with Crippen molar-refractivity contribution in [2.75, 3.05) is 13.2 Å². The van der Waals surface area contributed by atoms with Gasteiger partial charge >= 0.3 is 12.1 Å². The maximum Gasteiger partial charge on any atom is 0.416 e. The molecule has 9 heteroatoms. The van der Waals surface area contributed by atoms with Crippen LogP contribution in [0.25, 0.3) is 0 Å². The van der Waals surface area contributed by atoms with Crippen LogP contribution in [0.4, 0.5) is 17.6 Å². The highest BCUT2D eigenvalue weighted by molar-refractivity contribution is 5.79. The van der Waals surface area contributed by atoms with E-state index in [-0.39, 0.29) is 48.1 Å². The van der Waals surface area contributed by atoms with Gasteiger partial charge < -0.3 is 14.2 Å². The summed E-state index contributed by atoms with van der Waals surface area (Å²) in [6.07, 6.45) is -0.833. The van der Waals surface area contributed by atoms with Crippen molar-refractivity contribution in [1.82, 2.24) is 4.98 Å². The Morgan fingerprint density at radius 1 is 1.10 bits per heavy atom. The second-order valence-corrected chi connectivity index (χ2v) is 10.7. The molecule has 0 radical (unpaired) electrons. The van der Waals surface area contributed by atoms with Crippen LogP contribution in [0.1, 0.15) is 70.7 Å². The zero-order valence-corrected chi connectivity index (χ0v) is 22.0. The molecular formula is C31H29F4NO4. The molecule has 40 heavy (non-hydrogen) atoms. The Balaban J connectivity index is 1.17. The van der Waals surface area contributed by atoms with Crippen LogP contribution in [0.15, 0.2) is 48.7 Å². The Morgan fingerprint density at radius 3 is 2.73 bits per heavy atom. The lowest BCUT2D eigenvalue weighted by molar-refractivity contribution is -0.146. The first-order valence-electron chi connectivity index (χ1n) is 13.6. The van der Waals surface area contributed by atoms with Crippen molar-refractivity contribution >= 4 is 5.97 Å². The van der Waals surface area contributed by atoms with Gasteiger partial charge in [0.15, 0.2) is 0 Å². The van der Waals surface area contributed by atoms with Crippen molar-refractivity contribution in [2.24, 2.45) is 11.8 Å². The van der Waals surface area contributed by atoms with Crippen molar-refractivity contribution in [3.63, 3.8) is 0 Å². The molecule has 1 aromatic heterocycles. The van der Waals surface area contributed by atoms with E-state index in [9.17, 15) is 18.0 Å². The third-order valence-electron chi connectivity index (χ3n) is 8.17. The fraction of sp³-hybridized carbons (Fsp3) is 0.419. The number of carbonyl (C=O) groups excluding carboxylic acids is 1. The van der Waals surface area contributed by atoms with Gasteiger partial charge in [0, 0.05) is 23.7 Å². The minimum absolute atomic E-state index is 0.000768. The summed E-state index contributed by atoms with van der Waals surface area (Å²) in [4.78, 5) is 16.8. The van der Waals surface area contributed by atoms with Gasteiger partial charge in [-0.05, 0) is 71.2 Å². The fourth-order valence-corrected chi connectivity index (χ4v) is 6.10. The number of aromatic nitrogens is 1. The average molecular weight is 556 g/mol. The van der Waals surface area contributed by atoms with Gasteiger partial charge in [0.05, 0.1) is 24.7 Å². The molecule has 0 amide bonds. The standard InChI is InChI=1S/C31H29F4NO4/c1-2-3-9-39-30(37)28-22-11-18-14-26(36-15-23(18)27(22)28)40-16-19-12-21-17(13-25(19)32)8-10-38-29(21)20-6-4-5-7-24(20)31(33,34)35/h4-7,12-15,22,27-29H,2-3,8-11,16H2,1H3/t22-,27-,28+,29?/m1/s1. The van der Waals surface area contributed by atoms with E-state index in [1.807, 2.05) is 13.0 Å². The van der Waals surface area contributed by atoms with Crippen molar-refractivity contribution in [1.29, 1.82) is 0 Å². The Hall–Kier alpha value is -3.46. The Bertz CT molecular complexity index is 1440. The molecule has 2 aliphatic carbocycles. The summed E-state index contributed by atoms with van der Waals surface area (Å²) in [6.45, 7) is 2.55. The van der Waals surface area contributed by atoms with E-state index < -0.39 is 23.7 Å². The molecule has 2 aromatic carbocycles. The second kappa shape index (κ2) is 10.5. The zero-order chi connectivity index (χ0) is 28.0. The van der Waals surface area contributed by atoms with Crippen molar-refractivity contribution in [2.45, 2.75) is 57.4 Å². The van der Waals surface area contributed by atoms with Gasteiger partial charge in [-0.15, -0.1) is 0 Å². The molecule has 210 valence electrons. The minimum atomic E-state index is -4.54. The number of esters is 1. The van der Waals surface area contributed by atoms with Gasteiger partial charge in [-0.1, -0.05) is 31.5 Å². The lowest BCUT2D eigenvalue weighted by Crippen LogP contribution is -2.21. The number of nitrogens with zero attached hydrogens (tertiary/aromatic N) is 1. The highest BCUT2D eigenvalue weighted by atomic mass is 19.4. The highest BCUT2D eigenvalue weighted by Crippen LogP contribution is 2.62. The molecule has 0 N–H and O–H groups in total. The van der Waals surface area contributed by atoms with E-state index in [2.05, 4.69) is 4.98 Å². The molecule has 2 heterocycles. The van der Waals surface area contributed by atoms with Crippen molar-refractivity contribution in [3.8, 4) is 5.88 Å². The topological polar surface area (TPSA) is 57.7 Å². The third kappa shape index (κ3) is 4.96. The molecule has 1 unspecified atom stereocenters. The Labute approximate surface area is 229 Å². The number of pyridine rings is 1. The van der Waals surface area contributed by atoms with Crippen LogP contribution in [-0.2, 0) is 39.9 Å². The van der Waals surface area contributed by atoms with Crippen LogP contribution in [0, 0.1) is 17.7 Å². The van der Waals surface area contributed by atoms with Crippen molar-refractivity contribution < 1.29 is 36.6 Å². The van der Waals surface area contributed by atoms with Crippen LogP contribution < -0.4 is 4.74 Å². The summed E-state index contributed by atoms with van der Waals surface area (Å²) in [5.74, 6) is -0.0709. The van der Waals surface area contributed by atoms with Gasteiger partial charge in [0.1, 0.15) is 18.5 Å². The average Bonchev–Trinajstić information content (AvgIpc) is 3.52. The number of hydrogen-bond donors (Lipinski definition) is 0. The third-order valence-corrected chi connectivity index (χ3v) is 8.17. The van der Waals surface area contributed by atoms with E-state index >= 15 is 4.39 Å². The molecule has 1 aliphatic heterocycles.